The molecule has 108 valence electrons. The fourth-order valence-electron chi connectivity index (χ4n) is 2.74. The summed E-state index contributed by atoms with van der Waals surface area (Å²) in [6.07, 6.45) is 4.13. The third kappa shape index (κ3) is 3.17. The van der Waals surface area contributed by atoms with Crippen molar-refractivity contribution < 1.29 is 4.74 Å². The van der Waals surface area contributed by atoms with Gasteiger partial charge in [-0.05, 0) is 48.5 Å². The van der Waals surface area contributed by atoms with E-state index in [9.17, 15) is 0 Å². The van der Waals surface area contributed by atoms with E-state index in [-0.39, 0.29) is 5.41 Å². The number of hydrogen-bond donors (Lipinski definition) is 0. The van der Waals surface area contributed by atoms with Crippen molar-refractivity contribution in [3.63, 3.8) is 0 Å². The molecule has 0 bridgehead atoms. The van der Waals surface area contributed by atoms with Crippen LogP contribution in [0, 0.1) is 5.41 Å². The molecule has 19 heavy (non-hydrogen) atoms. The molecule has 0 radical (unpaired) electrons. The molecule has 1 aliphatic heterocycles. The number of nitrogens with zero attached hydrogens (tertiary/aromatic N) is 2. The van der Waals surface area contributed by atoms with Crippen LogP contribution in [0.15, 0.2) is 4.47 Å². The molecule has 1 fully saturated rings. The molecule has 0 amide bonds. The van der Waals surface area contributed by atoms with Crippen molar-refractivity contribution in [3.05, 3.63) is 15.9 Å². The SMILES string of the molecule is CCc1nn(CC)c(CC2(CCl)CCCOC2)c1Br. The lowest BCUT2D eigenvalue weighted by Crippen LogP contribution is -2.36. The third-order valence-corrected chi connectivity index (χ3v) is 5.41. The number of ether oxygens (including phenoxy) is 1. The number of halogens is 2. The minimum absolute atomic E-state index is 0.0697. The average Bonchev–Trinajstić information content (AvgIpc) is 2.76. The summed E-state index contributed by atoms with van der Waals surface area (Å²) in [5.74, 6) is 0.649. The molecule has 0 aromatic carbocycles. The molecule has 1 aromatic rings. The number of aryl methyl sites for hydroxylation is 2. The van der Waals surface area contributed by atoms with Crippen LogP contribution in [-0.2, 0) is 24.1 Å². The second-order valence-electron chi connectivity index (χ2n) is 5.34. The van der Waals surface area contributed by atoms with E-state index in [4.69, 9.17) is 16.3 Å². The number of hydrogen-bond acceptors (Lipinski definition) is 2. The first-order valence-electron chi connectivity index (χ1n) is 7.03. The molecule has 3 nitrogen and oxygen atoms in total. The molecule has 1 saturated heterocycles. The summed E-state index contributed by atoms with van der Waals surface area (Å²) in [7, 11) is 0. The summed E-state index contributed by atoms with van der Waals surface area (Å²) in [5.41, 5.74) is 2.48. The maximum Gasteiger partial charge on any atom is 0.0766 e. The minimum Gasteiger partial charge on any atom is -0.381 e. The first-order chi connectivity index (χ1) is 9.15. The van der Waals surface area contributed by atoms with Gasteiger partial charge in [0, 0.05) is 24.4 Å². The summed E-state index contributed by atoms with van der Waals surface area (Å²) in [4.78, 5) is 0. The van der Waals surface area contributed by atoms with Gasteiger partial charge >= 0.3 is 0 Å². The Balaban J connectivity index is 2.28. The summed E-state index contributed by atoms with van der Waals surface area (Å²) >= 11 is 9.97. The van der Waals surface area contributed by atoms with Gasteiger partial charge < -0.3 is 4.74 Å². The van der Waals surface area contributed by atoms with Crippen LogP contribution in [0.25, 0.3) is 0 Å². The Morgan fingerprint density at radius 2 is 2.26 bits per heavy atom. The fraction of sp³-hybridized carbons (Fsp3) is 0.786. The molecule has 2 heterocycles. The van der Waals surface area contributed by atoms with E-state index in [1.165, 1.54) is 5.69 Å². The molecule has 0 spiro atoms. The summed E-state index contributed by atoms with van der Waals surface area (Å²) < 4.78 is 8.93. The summed E-state index contributed by atoms with van der Waals surface area (Å²) in [6.45, 7) is 6.80. The smallest absolute Gasteiger partial charge is 0.0766 e. The number of alkyl halides is 1. The Morgan fingerprint density at radius 1 is 1.47 bits per heavy atom. The molecule has 2 rings (SSSR count). The van der Waals surface area contributed by atoms with Crippen molar-refractivity contribution in [1.82, 2.24) is 9.78 Å². The van der Waals surface area contributed by atoms with Crippen molar-refractivity contribution >= 4 is 27.5 Å². The minimum atomic E-state index is 0.0697. The maximum absolute atomic E-state index is 6.25. The summed E-state index contributed by atoms with van der Waals surface area (Å²) in [5, 5.41) is 4.66. The Kier molecular flexibility index (Phi) is 5.32. The summed E-state index contributed by atoms with van der Waals surface area (Å²) in [6, 6.07) is 0. The van der Waals surface area contributed by atoms with Crippen LogP contribution < -0.4 is 0 Å². The van der Waals surface area contributed by atoms with Crippen LogP contribution in [0.5, 0.6) is 0 Å². The molecule has 0 saturated carbocycles. The van der Waals surface area contributed by atoms with Crippen LogP contribution in [0.2, 0.25) is 0 Å². The molecular weight excluding hydrogens is 328 g/mol. The van der Waals surface area contributed by atoms with Crippen LogP contribution in [0.3, 0.4) is 0 Å². The highest BCUT2D eigenvalue weighted by Gasteiger charge is 2.34. The Labute approximate surface area is 128 Å². The fourth-order valence-corrected chi connectivity index (χ4v) is 3.75. The van der Waals surface area contributed by atoms with E-state index in [0.717, 1.165) is 55.6 Å². The zero-order chi connectivity index (χ0) is 13.9. The van der Waals surface area contributed by atoms with Gasteiger partial charge in [0.15, 0.2) is 0 Å². The maximum atomic E-state index is 6.25. The quantitative estimate of drug-likeness (QED) is 0.756. The molecule has 1 aromatic heterocycles. The highest BCUT2D eigenvalue weighted by Crippen LogP contribution is 2.36. The van der Waals surface area contributed by atoms with E-state index >= 15 is 0 Å². The van der Waals surface area contributed by atoms with E-state index in [2.05, 4.69) is 39.6 Å². The molecule has 1 aliphatic rings. The number of rotatable bonds is 5. The molecule has 0 aliphatic carbocycles. The van der Waals surface area contributed by atoms with Crippen molar-refractivity contribution in [2.45, 2.75) is 46.1 Å². The first kappa shape index (κ1) is 15.3. The molecule has 5 heteroatoms. The van der Waals surface area contributed by atoms with Gasteiger partial charge in [0.25, 0.3) is 0 Å². The highest BCUT2D eigenvalue weighted by atomic mass is 79.9. The lowest BCUT2D eigenvalue weighted by molar-refractivity contribution is 0.00373. The zero-order valence-electron chi connectivity index (χ0n) is 11.7. The Bertz CT molecular complexity index is 427. The normalized spacial score (nSPS) is 23.8. The van der Waals surface area contributed by atoms with Crippen LogP contribution in [0.4, 0.5) is 0 Å². The lowest BCUT2D eigenvalue weighted by atomic mass is 9.80. The predicted octanol–water partition coefficient (Wildman–Crippen LogP) is 3.81. The van der Waals surface area contributed by atoms with Gasteiger partial charge in [-0.1, -0.05) is 6.92 Å². The number of aromatic nitrogens is 2. The first-order valence-corrected chi connectivity index (χ1v) is 8.36. The van der Waals surface area contributed by atoms with Gasteiger partial charge in [0.05, 0.1) is 22.5 Å². The monoisotopic (exact) mass is 348 g/mol. The average molecular weight is 350 g/mol. The van der Waals surface area contributed by atoms with Gasteiger partial charge in [-0.2, -0.15) is 5.10 Å². The Hall–Kier alpha value is -0.0600. The van der Waals surface area contributed by atoms with Crippen LogP contribution in [-0.4, -0.2) is 28.9 Å². The van der Waals surface area contributed by atoms with Crippen molar-refractivity contribution in [3.8, 4) is 0 Å². The van der Waals surface area contributed by atoms with Gasteiger partial charge in [0.1, 0.15) is 0 Å². The zero-order valence-corrected chi connectivity index (χ0v) is 14.1. The van der Waals surface area contributed by atoms with E-state index < -0.39 is 0 Å². The van der Waals surface area contributed by atoms with Crippen molar-refractivity contribution in [1.29, 1.82) is 0 Å². The molecular formula is C14H22BrClN2O. The van der Waals surface area contributed by atoms with E-state index in [1.54, 1.807) is 0 Å². The standard InChI is InChI=1S/C14H22BrClN2O/c1-3-11-13(15)12(18(4-2)17-11)8-14(9-16)6-5-7-19-10-14/h3-10H2,1-2H3. The van der Waals surface area contributed by atoms with E-state index in [1.807, 2.05) is 0 Å². The second kappa shape index (κ2) is 6.59. The molecule has 1 atom stereocenters. The molecule has 1 unspecified atom stereocenters. The van der Waals surface area contributed by atoms with E-state index in [0.29, 0.717) is 5.88 Å². The van der Waals surface area contributed by atoms with Gasteiger partial charge in [-0.25, -0.2) is 0 Å². The third-order valence-electron chi connectivity index (χ3n) is 3.92. The van der Waals surface area contributed by atoms with Gasteiger partial charge in [-0.3, -0.25) is 4.68 Å². The largest absolute Gasteiger partial charge is 0.381 e. The lowest BCUT2D eigenvalue weighted by Gasteiger charge is -2.35. The van der Waals surface area contributed by atoms with Crippen LogP contribution >= 0.6 is 27.5 Å². The predicted molar refractivity (Wildman–Crippen MR) is 81.9 cm³/mol. The van der Waals surface area contributed by atoms with Crippen molar-refractivity contribution in [2.75, 3.05) is 19.1 Å². The topological polar surface area (TPSA) is 27.1 Å². The Morgan fingerprint density at radius 3 is 2.79 bits per heavy atom. The van der Waals surface area contributed by atoms with Gasteiger partial charge in [0.2, 0.25) is 0 Å². The van der Waals surface area contributed by atoms with Gasteiger partial charge in [-0.15, -0.1) is 11.6 Å². The van der Waals surface area contributed by atoms with Crippen LogP contribution in [0.1, 0.15) is 38.1 Å². The molecule has 0 N–H and O–H groups in total. The second-order valence-corrected chi connectivity index (χ2v) is 6.40. The van der Waals surface area contributed by atoms with Crippen molar-refractivity contribution in [2.24, 2.45) is 5.41 Å². The highest BCUT2D eigenvalue weighted by molar-refractivity contribution is 9.10.